The van der Waals surface area contributed by atoms with Crippen molar-refractivity contribution in [2.75, 3.05) is 18.0 Å². The molecule has 0 saturated heterocycles. The lowest BCUT2D eigenvalue weighted by Gasteiger charge is -2.22. The molecule has 90 valence electrons. The summed E-state index contributed by atoms with van der Waals surface area (Å²) in [4.78, 5) is 15.8. The molecule has 0 radical (unpaired) electrons. The third-order valence-electron chi connectivity index (χ3n) is 2.88. The van der Waals surface area contributed by atoms with Crippen molar-refractivity contribution in [3.05, 3.63) is 30.5 Å². The normalized spacial score (nSPS) is 10.6. The summed E-state index contributed by atoms with van der Waals surface area (Å²) in [6, 6.07) is 8.14. The van der Waals surface area contributed by atoms with Crippen molar-refractivity contribution in [1.29, 1.82) is 0 Å². The van der Waals surface area contributed by atoms with E-state index >= 15 is 0 Å². The van der Waals surface area contributed by atoms with E-state index in [4.69, 9.17) is 5.11 Å². The number of nitrogens with zero attached hydrogens (tertiary/aromatic N) is 1. The number of aliphatic carboxylic acids is 1. The van der Waals surface area contributed by atoms with Crippen molar-refractivity contribution in [3.8, 4) is 0 Å². The maximum Gasteiger partial charge on any atom is 0.305 e. The van der Waals surface area contributed by atoms with Crippen LogP contribution < -0.4 is 4.90 Å². The van der Waals surface area contributed by atoms with Gasteiger partial charge in [-0.15, -0.1) is 0 Å². The van der Waals surface area contributed by atoms with Crippen molar-refractivity contribution in [2.24, 2.45) is 0 Å². The quantitative estimate of drug-likeness (QED) is 0.832. The number of carboxylic acid groups (broad SMARTS) is 1. The van der Waals surface area contributed by atoms with Crippen molar-refractivity contribution in [2.45, 2.75) is 13.3 Å². The summed E-state index contributed by atoms with van der Waals surface area (Å²) < 4.78 is 0. The minimum Gasteiger partial charge on any atom is -0.481 e. The van der Waals surface area contributed by atoms with Crippen molar-refractivity contribution in [3.63, 3.8) is 0 Å². The van der Waals surface area contributed by atoms with Crippen molar-refractivity contribution in [1.82, 2.24) is 4.98 Å². The van der Waals surface area contributed by atoms with E-state index in [-0.39, 0.29) is 6.42 Å². The Morgan fingerprint density at radius 3 is 2.94 bits per heavy atom. The number of nitrogens with one attached hydrogen (secondary N) is 1. The van der Waals surface area contributed by atoms with Crippen LogP contribution in [-0.2, 0) is 4.79 Å². The third-order valence-corrected chi connectivity index (χ3v) is 2.88. The molecule has 4 heteroatoms. The van der Waals surface area contributed by atoms with Crippen molar-refractivity contribution < 1.29 is 9.90 Å². The Morgan fingerprint density at radius 1 is 1.41 bits per heavy atom. The van der Waals surface area contributed by atoms with Crippen LogP contribution in [0.2, 0.25) is 0 Å². The Morgan fingerprint density at radius 2 is 2.24 bits per heavy atom. The van der Waals surface area contributed by atoms with Gasteiger partial charge in [-0.2, -0.15) is 0 Å². The van der Waals surface area contributed by atoms with Crippen LogP contribution in [0.5, 0.6) is 0 Å². The van der Waals surface area contributed by atoms with Crippen LogP contribution in [0.1, 0.15) is 13.3 Å². The zero-order valence-electron chi connectivity index (χ0n) is 9.81. The van der Waals surface area contributed by atoms with E-state index in [0.29, 0.717) is 6.54 Å². The lowest BCUT2D eigenvalue weighted by Crippen LogP contribution is -2.25. The van der Waals surface area contributed by atoms with Gasteiger partial charge in [-0.05, 0) is 31.2 Å². The number of carboxylic acids is 1. The Balaban J connectivity index is 2.20. The number of aromatic amines is 1. The first-order chi connectivity index (χ1) is 8.20. The highest BCUT2D eigenvalue weighted by Gasteiger charge is 2.07. The van der Waals surface area contributed by atoms with Gasteiger partial charge < -0.3 is 15.0 Å². The molecule has 0 unspecified atom stereocenters. The SMILES string of the molecule is CCN(CCC(=O)O)c1ccc2[nH]ccc2c1. The molecule has 0 saturated carbocycles. The Kier molecular flexibility index (Phi) is 3.32. The second-order valence-corrected chi connectivity index (χ2v) is 3.97. The lowest BCUT2D eigenvalue weighted by atomic mass is 10.2. The highest BCUT2D eigenvalue weighted by Crippen LogP contribution is 2.21. The van der Waals surface area contributed by atoms with Gasteiger partial charge in [-0.1, -0.05) is 0 Å². The van der Waals surface area contributed by atoms with Gasteiger partial charge in [-0.25, -0.2) is 0 Å². The zero-order chi connectivity index (χ0) is 12.3. The maximum absolute atomic E-state index is 10.6. The van der Waals surface area contributed by atoms with Crippen LogP contribution in [0.3, 0.4) is 0 Å². The lowest BCUT2D eigenvalue weighted by molar-refractivity contribution is -0.136. The number of H-pyrrole nitrogens is 1. The van der Waals surface area contributed by atoms with Gasteiger partial charge in [0, 0.05) is 35.9 Å². The summed E-state index contributed by atoms with van der Waals surface area (Å²) >= 11 is 0. The van der Waals surface area contributed by atoms with E-state index in [9.17, 15) is 4.79 Å². The molecular weight excluding hydrogens is 216 g/mol. The highest BCUT2D eigenvalue weighted by atomic mass is 16.4. The fraction of sp³-hybridized carbons (Fsp3) is 0.308. The summed E-state index contributed by atoms with van der Waals surface area (Å²) in [6.45, 7) is 3.38. The number of fused-ring (bicyclic) bond motifs is 1. The molecule has 0 aliphatic heterocycles. The molecule has 2 N–H and O–H groups in total. The number of aromatic nitrogens is 1. The molecule has 2 rings (SSSR count). The molecule has 1 aromatic heterocycles. The van der Waals surface area contributed by atoms with Crippen LogP contribution in [0, 0.1) is 0 Å². The first-order valence-electron chi connectivity index (χ1n) is 5.74. The number of hydrogen-bond acceptors (Lipinski definition) is 2. The van der Waals surface area contributed by atoms with E-state index in [1.165, 1.54) is 0 Å². The predicted octanol–water partition coefficient (Wildman–Crippen LogP) is 2.47. The minimum absolute atomic E-state index is 0.166. The third kappa shape index (κ3) is 2.58. The monoisotopic (exact) mass is 232 g/mol. The van der Waals surface area contributed by atoms with Gasteiger partial charge in [0.25, 0.3) is 0 Å². The molecule has 0 amide bonds. The number of benzene rings is 1. The van der Waals surface area contributed by atoms with E-state index in [2.05, 4.69) is 16.0 Å². The topological polar surface area (TPSA) is 56.3 Å². The van der Waals surface area contributed by atoms with Gasteiger partial charge in [0.05, 0.1) is 6.42 Å². The van der Waals surface area contributed by atoms with Gasteiger partial charge >= 0.3 is 5.97 Å². The molecular formula is C13H16N2O2. The fourth-order valence-electron chi connectivity index (χ4n) is 1.94. The van der Waals surface area contributed by atoms with Crippen LogP contribution in [0.4, 0.5) is 5.69 Å². The van der Waals surface area contributed by atoms with E-state index < -0.39 is 5.97 Å². The Hall–Kier alpha value is -1.97. The van der Waals surface area contributed by atoms with Crippen LogP contribution in [0.15, 0.2) is 30.5 Å². The first kappa shape index (κ1) is 11.5. The van der Waals surface area contributed by atoms with Crippen molar-refractivity contribution >= 4 is 22.6 Å². The summed E-state index contributed by atoms with van der Waals surface area (Å²) in [5.41, 5.74) is 2.17. The van der Waals surface area contributed by atoms with Crippen LogP contribution >= 0.6 is 0 Å². The molecule has 0 aliphatic rings. The van der Waals surface area contributed by atoms with E-state index in [0.717, 1.165) is 23.1 Å². The van der Waals surface area contributed by atoms with Gasteiger partial charge in [0.15, 0.2) is 0 Å². The second-order valence-electron chi connectivity index (χ2n) is 3.97. The summed E-state index contributed by atoms with van der Waals surface area (Å²) in [5, 5.41) is 9.86. The fourth-order valence-corrected chi connectivity index (χ4v) is 1.94. The molecule has 1 aromatic carbocycles. The summed E-state index contributed by atoms with van der Waals surface area (Å²) in [5.74, 6) is -0.758. The zero-order valence-corrected chi connectivity index (χ0v) is 9.81. The Bertz CT molecular complexity index is 519. The second kappa shape index (κ2) is 4.91. The molecule has 0 bridgehead atoms. The van der Waals surface area contributed by atoms with E-state index in [1.807, 2.05) is 31.3 Å². The molecule has 4 nitrogen and oxygen atoms in total. The van der Waals surface area contributed by atoms with Crippen LogP contribution in [-0.4, -0.2) is 29.1 Å². The number of hydrogen-bond donors (Lipinski definition) is 2. The molecule has 0 atom stereocenters. The number of carbonyl (C=O) groups is 1. The molecule has 2 aromatic rings. The average molecular weight is 232 g/mol. The minimum atomic E-state index is -0.758. The number of anilines is 1. The Labute approximate surface area is 99.9 Å². The van der Waals surface area contributed by atoms with Crippen LogP contribution in [0.25, 0.3) is 10.9 Å². The number of rotatable bonds is 5. The predicted molar refractivity (Wildman–Crippen MR) is 68.4 cm³/mol. The van der Waals surface area contributed by atoms with Gasteiger partial charge in [-0.3, -0.25) is 4.79 Å². The highest BCUT2D eigenvalue weighted by molar-refractivity contribution is 5.83. The average Bonchev–Trinajstić information content (AvgIpc) is 2.76. The molecule has 0 fully saturated rings. The molecule has 0 aliphatic carbocycles. The largest absolute Gasteiger partial charge is 0.481 e. The molecule has 17 heavy (non-hydrogen) atoms. The standard InChI is InChI=1S/C13H16N2O2/c1-2-15(8-6-13(16)17)11-3-4-12-10(9-11)5-7-14-12/h3-5,7,9,14H,2,6,8H2,1H3,(H,16,17). The van der Waals surface area contributed by atoms with Gasteiger partial charge in [0.2, 0.25) is 0 Å². The maximum atomic E-state index is 10.6. The summed E-state index contributed by atoms with van der Waals surface area (Å²) in [7, 11) is 0. The van der Waals surface area contributed by atoms with Gasteiger partial charge in [0.1, 0.15) is 0 Å². The first-order valence-corrected chi connectivity index (χ1v) is 5.74. The van der Waals surface area contributed by atoms with E-state index in [1.54, 1.807) is 0 Å². The molecule has 1 heterocycles. The summed E-state index contributed by atoms with van der Waals surface area (Å²) in [6.07, 6.45) is 2.07. The smallest absolute Gasteiger partial charge is 0.305 e. The molecule has 0 spiro atoms.